The normalized spacial score (nSPS) is 19.4. The number of likely N-dealkylation sites (tertiary alicyclic amines) is 1. The van der Waals surface area contributed by atoms with E-state index in [1.807, 2.05) is 17.9 Å². The van der Waals surface area contributed by atoms with Crippen LogP contribution in [0.15, 0.2) is 23.2 Å². The monoisotopic (exact) mass is 430 g/mol. The first kappa shape index (κ1) is 22.9. The summed E-state index contributed by atoms with van der Waals surface area (Å²) in [6.07, 6.45) is 5.33. The van der Waals surface area contributed by atoms with Crippen LogP contribution in [0, 0.1) is 5.92 Å². The average molecular weight is 431 g/mol. The number of rotatable bonds is 7. The van der Waals surface area contributed by atoms with Gasteiger partial charge in [0.15, 0.2) is 5.96 Å². The molecule has 8 nitrogen and oxygen atoms in total. The van der Waals surface area contributed by atoms with Crippen LogP contribution in [0.25, 0.3) is 0 Å². The van der Waals surface area contributed by atoms with Crippen molar-refractivity contribution in [2.75, 3.05) is 33.9 Å². The summed E-state index contributed by atoms with van der Waals surface area (Å²) in [5.41, 5.74) is 1.26. The standard InChI is InChI=1S/C23H34N4O4/c1-4-24-23(25-14-16-9-10-20(30-2)19(13-16)22(29)31-3)26-18-11-12-27(15-18)21(28)17-7-5-6-8-17/h9-10,13,17-18H,4-8,11-12,14-15H2,1-3H3,(H2,24,25,26). The van der Waals surface area contributed by atoms with Crippen LogP contribution in [0.5, 0.6) is 5.75 Å². The molecule has 0 bridgehead atoms. The maximum absolute atomic E-state index is 12.7. The zero-order chi connectivity index (χ0) is 22.2. The van der Waals surface area contributed by atoms with Crippen molar-refractivity contribution in [1.29, 1.82) is 0 Å². The van der Waals surface area contributed by atoms with Crippen LogP contribution in [0.3, 0.4) is 0 Å². The second kappa shape index (κ2) is 11.0. The van der Waals surface area contributed by atoms with Crippen molar-refractivity contribution in [2.24, 2.45) is 10.9 Å². The molecule has 0 radical (unpaired) electrons. The molecule has 1 aromatic carbocycles. The zero-order valence-electron chi connectivity index (χ0n) is 18.8. The van der Waals surface area contributed by atoms with E-state index in [4.69, 9.17) is 9.47 Å². The molecule has 1 saturated heterocycles. The highest BCUT2D eigenvalue weighted by atomic mass is 16.5. The Kier molecular flexibility index (Phi) is 8.14. The Hall–Kier alpha value is -2.77. The van der Waals surface area contributed by atoms with Gasteiger partial charge in [-0.3, -0.25) is 4.79 Å². The van der Waals surface area contributed by atoms with Gasteiger partial charge < -0.3 is 25.0 Å². The fourth-order valence-corrected chi connectivity index (χ4v) is 4.32. The minimum atomic E-state index is -0.439. The van der Waals surface area contributed by atoms with Gasteiger partial charge in [0.1, 0.15) is 11.3 Å². The van der Waals surface area contributed by atoms with Gasteiger partial charge in [0.05, 0.1) is 20.8 Å². The van der Waals surface area contributed by atoms with E-state index >= 15 is 0 Å². The van der Waals surface area contributed by atoms with Gasteiger partial charge in [0.2, 0.25) is 5.91 Å². The summed E-state index contributed by atoms with van der Waals surface area (Å²) in [6, 6.07) is 5.57. The molecule has 1 aliphatic carbocycles. The van der Waals surface area contributed by atoms with Crippen LogP contribution in [-0.4, -0.2) is 62.6 Å². The Morgan fingerprint density at radius 1 is 1.19 bits per heavy atom. The number of guanidine groups is 1. The van der Waals surface area contributed by atoms with Crippen LogP contribution in [0.4, 0.5) is 0 Å². The minimum absolute atomic E-state index is 0.185. The maximum Gasteiger partial charge on any atom is 0.341 e. The topological polar surface area (TPSA) is 92.3 Å². The molecule has 1 saturated carbocycles. The molecule has 0 spiro atoms. The van der Waals surface area contributed by atoms with Crippen molar-refractivity contribution < 1.29 is 19.1 Å². The number of methoxy groups -OCH3 is 2. The Labute approximate surface area is 184 Å². The van der Waals surface area contributed by atoms with E-state index < -0.39 is 5.97 Å². The molecule has 3 rings (SSSR count). The molecule has 31 heavy (non-hydrogen) atoms. The average Bonchev–Trinajstić information content (AvgIpc) is 3.49. The van der Waals surface area contributed by atoms with Crippen LogP contribution in [0.1, 0.15) is 54.9 Å². The van der Waals surface area contributed by atoms with Crippen molar-refractivity contribution in [3.05, 3.63) is 29.3 Å². The molecule has 2 fully saturated rings. The third kappa shape index (κ3) is 5.89. The molecule has 170 valence electrons. The number of nitrogens with one attached hydrogen (secondary N) is 2. The predicted molar refractivity (Wildman–Crippen MR) is 119 cm³/mol. The Morgan fingerprint density at radius 2 is 1.97 bits per heavy atom. The number of hydrogen-bond donors (Lipinski definition) is 2. The highest BCUT2D eigenvalue weighted by molar-refractivity contribution is 5.92. The number of nitrogens with zero attached hydrogens (tertiary/aromatic N) is 2. The first-order valence-electron chi connectivity index (χ1n) is 11.1. The number of hydrogen-bond acceptors (Lipinski definition) is 5. The predicted octanol–water partition coefficient (Wildman–Crippen LogP) is 2.33. The van der Waals surface area contributed by atoms with E-state index in [2.05, 4.69) is 15.6 Å². The Balaban J connectivity index is 1.61. The molecular weight excluding hydrogens is 396 g/mol. The number of aliphatic imine (C=N–C) groups is 1. The molecule has 8 heteroatoms. The van der Waals surface area contributed by atoms with Gasteiger partial charge >= 0.3 is 5.97 Å². The zero-order valence-corrected chi connectivity index (χ0v) is 18.8. The fourth-order valence-electron chi connectivity index (χ4n) is 4.32. The van der Waals surface area contributed by atoms with E-state index in [0.29, 0.717) is 29.7 Å². The second-order valence-corrected chi connectivity index (χ2v) is 8.12. The second-order valence-electron chi connectivity index (χ2n) is 8.12. The molecule has 2 aliphatic rings. The molecule has 1 unspecified atom stereocenters. The number of ether oxygens (including phenoxy) is 2. The van der Waals surface area contributed by atoms with Crippen molar-refractivity contribution in [3.63, 3.8) is 0 Å². The minimum Gasteiger partial charge on any atom is -0.496 e. The Bertz CT molecular complexity index is 805. The van der Waals surface area contributed by atoms with Crippen LogP contribution in [-0.2, 0) is 16.1 Å². The first-order chi connectivity index (χ1) is 15.0. The largest absolute Gasteiger partial charge is 0.496 e. The summed E-state index contributed by atoms with van der Waals surface area (Å²) in [5.74, 6) is 1.28. The quantitative estimate of drug-likeness (QED) is 0.392. The number of carbonyl (C=O) groups excluding carboxylic acids is 2. The van der Waals surface area contributed by atoms with E-state index in [1.54, 1.807) is 12.1 Å². The van der Waals surface area contributed by atoms with Crippen LogP contribution < -0.4 is 15.4 Å². The van der Waals surface area contributed by atoms with Gasteiger partial charge in [0.25, 0.3) is 0 Å². The molecule has 1 aliphatic heterocycles. The van der Waals surface area contributed by atoms with Gasteiger partial charge in [-0.05, 0) is 43.9 Å². The summed E-state index contributed by atoms with van der Waals surface area (Å²) in [6.45, 7) is 4.67. The summed E-state index contributed by atoms with van der Waals surface area (Å²) in [5, 5.41) is 6.73. The van der Waals surface area contributed by atoms with Gasteiger partial charge in [-0.25, -0.2) is 9.79 Å². The van der Waals surface area contributed by atoms with Crippen molar-refractivity contribution in [1.82, 2.24) is 15.5 Å². The lowest BCUT2D eigenvalue weighted by Gasteiger charge is -2.21. The van der Waals surface area contributed by atoms with E-state index in [-0.39, 0.29) is 12.0 Å². The maximum atomic E-state index is 12.7. The number of amides is 1. The van der Waals surface area contributed by atoms with Crippen LogP contribution in [0.2, 0.25) is 0 Å². The number of carbonyl (C=O) groups is 2. The van der Waals surface area contributed by atoms with E-state index in [0.717, 1.165) is 44.5 Å². The van der Waals surface area contributed by atoms with Gasteiger partial charge in [-0.15, -0.1) is 0 Å². The third-order valence-corrected chi connectivity index (χ3v) is 5.98. The van der Waals surface area contributed by atoms with Crippen LogP contribution >= 0.6 is 0 Å². The molecule has 0 aromatic heterocycles. The first-order valence-corrected chi connectivity index (χ1v) is 11.1. The van der Waals surface area contributed by atoms with Gasteiger partial charge in [0, 0.05) is 31.6 Å². The van der Waals surface area contributed by atoms with E-state index in [1.165, 1.54) is 27.1 Å². The lowest BCUT2D eigenvalue weighted by molar-refractivity contribution is -0.134. The molecular formula is C23H34N4O4. The lowest BCUT2D eigenvalue weighted by atomic mass is 10.1. The smallest absolute Gasteiger partial charge is 0.341 e. The molecule has 1 amide bonds. The van der Waals surface area contributed by atoms with Crippen molar-refractivity contribution >= 4 is 17.8 Å². The highest BCUT2D eigenvalue weighted by Gasteiger charge is 2.32. The molecule has 1 atom stereocenters. The van der Waals surface area contributed by atoms with Crippen molar-refractivity contribution in [3.8, 4) is 5.75 Å². The summed E-state index contributed by atoms with van der Waals surface area (Å²) in [4.78, 5) is 31.4. The SMILES string of the molecule is CCNC(=NCc1ccc(OC)c(C(=O)OC)c1)NC1CCN(C(=O)C2CCCC2)C1. The van der Waals surface area contributed by atoms with Gasteiger partial charge in [-0.2, -0.15) is 0 Å². The molecule has 1 heterocycles. The lowest BCUT2D eigenvalue weighted by Crippen LogP contribution is -2.45. The number of benzene rings is 1. The summed E-state index contributed by atoms with van der Waals surface area (Å²) >= 11 is 0. The number of esters is 1. The molecule has 1 aromatic rings. The fraction of sp³-hybridized carbons (Fsp3) is 0.609. The summed E-state index contributed by atoms with van der Waals surface area (Å²) in [7, 11) is 2.87. The summed E-state index contributed by atoms with van der Waals surface area (Å²) < 4.78 is 10.1. The van der Waals surface area contributed by atoms with E-state index in [9.17, 15) is 9.59 Å². The highest BCUT2D eigenvalue weighted by Crippen LogP contribution is 2.28. The Morgan fingerprint density at radius 3 is 2.65 bits per heavy atom. The third-order valence-electron chi connectivity index (χ3n) is 5.98. The molecule has 2 N–H and O–H groups in total. The van der Waals surface area contributed by atoms with Gasteiger partial charge in [-0.1, -0.05) is 18.9 Å². The van der Waals surface area contributed by atoms with Crippen molar-refractivity contribution in [2.45, 2.75) is 51.6 Å².